The smallest absolute Gasteiger partial charge is 0.269 e. The van der Waals surface area contributed by atoms with Crippen LogP contribution >= 0.6 is 11.3 Å². The summed E-state index contributed by atoms with van der Waals surface area (Å²) in [6, 6.07) is 7.65. The van der Waals surface area contributed by atoms with Gasteiger partial charge in [-0.1, -0.05) is 29.5 Å². The Balaban J connectivity index is 2.22. The number of carbonyl (C=O) groups excluding carboxylic acids is 1. The maximum Gasteiger partial charge on any atom is 0.269 e. The summed E-state index contributed by atoms with van der Waals surface area (Å²) in [5, 5.41) is 3.67. The molecule has 0 aliphatic heterocycles. The molecule has 6 heteroatoms. The molecule has 3 N–H and O–H groups in total. The van der Waals surface area contributed by atoms with E-state index >= 15 is 0 Å². The molecule has 0 fully saturated rings. The van der Waals surface area contributed by atoms with Crippen molar-refractivity contribution in [2.24, 2.45) is 0 Å². The number of thiazole rings is 1. The number of nitrogens with two attached hydrogens (primary N) is 1. The van der Waals surface area contributed by atoms with E-state index in [1.165, 1.54) is 11.3 Å². The first-order chi connectivity index (χ1) is 10.1. The zero-order valence-electron chi connectivity index (χ0n) is 12.5. The van der Waals surface area contributed by atoms with Gasteiger partial charge < -0.3 is 16.0 Å². The molecule has 0 aliphatic carbocycles. The Bertz CT molecular complexity index is 634. The molecule has 0 unspecified atom stereocenters. The normalized spacial score (nSPS) is 10.4. The first kappa shape index (κ1) is 15.3. The van der Waals surface area contributed by atoms with Gasteiger partial charge in [0.25, 0.3) is 5.91 Å². The van der Waals surface area contributed by atoms with Crippen molar-refractivity contribution in [3.63, 3.8) is 0 Å². The third-order valence-electron chi connectivity index (χ3n) is 3.28. The van der Waals surface area contributed by atoms with E-state index in [2.05, 4.69) is 15.2 Å². The van der Waals surface area contributed by atoms with Crippen LogP contribution in [0.2, 0.25) is 0 Å². The number of carbonyl (C=O) groups is 1. The van der Waals surface area contributed by atoms with Crippen LogP contribution in [0.1, 0.15) is 29.1 Å². The molecule has 0 spiro atoms. The molecule has 0 aliphatic rings. The zero-order valence-corrected chi connectivity index (χ0v) is 13.3. The second kappa shape index (κ2) is 6.58. The lowest BCUT2D eigenvalue weighted by Gasteiger charge is -2.16. The fourth-order valence-electron chi connectivity index (χ4n) is 2.00. The Morgan fingerprint density at radius 1 is 1.33 bits per heavy atom. The number of nitrogen functional groups attached to an aromatic ring is 1. The minimum absolute atomic E-state index is 0.210. The van der Waals surface area contributed by atoms with Crippen LogP contribution in [0.25, 0.3) is 0 Å². The van der Waals surface area contributed by atoms with E-state index in [0.29, 0.717) is 4.88 Å². The first-order valence-corrected chi connectivity index (χ1v) is 7.76. The Morgan fingerprint density at radius 2 is 2.00 bits per heavy atom. The maximum absolute atomic E-state index is 12.4. The molecule has 2 rings (SSSR count). The molecular formula is C15H20N4OS. The van der Waals surface area contributed by atoms with Gasteiger partial charge in [-0.3, -0.25) is 4.79 Å². The number of aryl methyl sites for hydroxylation is 1. The largest absolute Gasteiger partial charge is 0.382 e. The van der Waals surface area contributed by atoms with Gasteiger partial charge >= 0.3 is 0 Å². The van der Waals surface area contributed by atoms with Crippen LogP contribution in [0.15, 0.2) is 24.3 Å². The number of amides is 1. The Labute approximate surface area is 128 Å². The van der Waals surface area contributed by atoms with Crippen LogP contribution in [-0.2, 0) is 0 Å². The van der Waals surface area contributed by atoms with Crippen LogP contribution in [-0.4, -0.2) is 24.0 Å². The standard InChI is InChI=1S/C15H20N4OS/c1-4-19(5-2)15-18-13(16)12(21-15)14(20)17-11-9-7-6-8-10(11)3/h6-9H,4-5,16H2,1-3H3,(H,17,20). The summed E-state index contributed by atoms with van der Waals surface area (Å²) in [7, 11) is 0. The minimum atomic E-state index is -0.210. The lowest BCUT2D eigenvalue weighted by molar-refractivity contribution is 0.103. The number of aromatic nitrogens is 1. The summed E-state index contributed by atoms with van der Waals surface area (Å²) in [4.78, 5) is 19.2. The highest BCUT2D eigenvalue weighted by molar-refractivity contribution is 7.18. The van der Waals surface area contributed by atoms with E-state index in [1.54, 1.807) is 0 Å². The molecule has 0 radical (unpaired) electrons. The quantitative estimate of drug-likeness (QED) is 0.890. The van der Waals surface area contributed by atoms with E-state index in [1.807, 2.05) is 45.0 Å². The van der Waals surface area contributed by atoms with Crippen molar-refractivity contribution in [2.45, 2.75) is 20.8 Å². The predicted molar refractivity (Wildman–Crippen MR) is 89.2 cm³/mol. The molecule has 0 atom stereocenters. The summed E-state index contributed by atoms with van der Waals surface area (Å²) in [6.45, 7) is 7.72. The average molecular weight is 304 g/mol. The molecule has 1 amide bonds. The highest BCUT2D eigenvalue weighted by atomic mass is 32.1. The lowest BCUT2D eigenvalue weighted by Crippen LogP contribution is -2.21. The predicted octanol–water partition coefficient (Wildman–Crippen LogP) is 3.13. The zero-order chi connectivity index (χ0) is 15.4. The Morgan fingerprint density at radius 3 is 2.62 bits per heavy atom. The van der Waals surface area contributed by atoms with Crippen molar-refractivity contribution in [1.82, 2.24) is 4.98 Å². The van der Waals surface area contributed by atoms with E-state index < -0.39 is 0 Å². The molecule has 21 heavy (non-hydrogen) atoms. The van der Waals surface area contributed by atoms with Gasteiger partial charge in [0.2, 0.25) is 0 Å². The van der Waals surface area contributed by atoms with Gasteiger partial charge in [-0.2, -0.15) is 0 Å². The van der Waals surface area contributed by atoms with Gasteiger partial charge in [-0.05, 0) is 32.4 Å². The Kier molecular flexibility index (Phi) is 4.80. The minimum Gasteiger partial charge on any atom is -0.382 e. The molecule has 0 bridgehead atoms. The van der Waals surface area contributed by atoms with Gasteiger partial charge in [0.1, 0.15) is 10.7 Å². The molecular weight excluding hydrogens is 284 g/mol. The van der Waals surface area contributed by atoms with Crippen LogP contribution in [0.4, 0.5) is 16.6 Å². The van der Waals surface area contributed by atoms with E-state index in [9.17, 15) is 4.79 Å². The van der Waals surface area contributed by atoms with Crippen molar-refractivity contribution >= 4 is 33.9 Å². The second-order valence-corrected chi connectivity index (χ2v) is 5.63. The third-order valence-corrected chi connectivity index (χ3v) is 4.41. The number of hydrogen-bond donors (Lipinski definition) is 2. The van der Waals surface area contributed by atoms with Gasteiger partial charge in [-0.15, -0.1) is 0 Å². The summed E-state index contributed by atoms with van der Waals surface area (Å²) < 4.78 is 0. The lowest BCUT2D eigenvalue weighted by atomic mass is 10.2. The summed E-state index contributed by atoms with van der Waals surface area (Å²) in [5.41, 5.74) is 7.70. The molecule has 1 heterocycles. The van der Waals surface area contributed by atoms with Gasteiger partial charge in [-0.25, -0.2) is 4.98 Å². The van der Waals surface area contributed by atoms with E-state index in [0.717, 1.165) is 29.5 Å². The summed E-state index contributed by atoms with van der Waals surface area (Å²) in [6.07, 6.45) is 0. The number of hydrogen-bond acceptors (Lipinski definition) is 5. The number of nitrogens with one attached hydrogen (secondary N) is 1. The van der Waals surface area contributed by atoms with Crippen LogP contribution in [0.3, 0.4) is 0 Å². The highest BCUT2D eigenvalue weighted by Crippen LogP contribution is 2.29. The van der Waals surface area contributed by atoms with Crippen molar-refractivity contribution in [1.29, 1.82) is 0 Å². The fourth-order valence-corrected chi connectivity index (χ4v) is 3.01. The second-order valence-electron chi connectivity index (χ2n) is 4.65. The molecule has 112 valence electrons. The number of benzene rings is 1. The van der Waals surface area contributed by atoms with Crippen molar-refractivity contribution in [2.75, 3.05) is 29.0 Å². The number of rotatable bonds is 5. The monoisotopic (exact) mass is 304 g/mol. The van der Waals surface area contributed by atoms with E-state index in [4.69, 9.17) is 5.73 Å². The van der Waals surface area contributed by atoms with Gasteiger partial charge in [0.15, 0.2) is 5.13 Å². The number of nitrogens with zero attached hydrogens (tertiary/aromatic N) is 2. The number of anilines is 3. The fraction of sp³-hybridized carbons (Fsp3) is 0.333. The van der Waals surface area contributed by atoms with Gasteiger partial charge in [0, 0.05) is 18.8 Å². The van der Waals surface area contributed by atoms with E-state index in [-0.39, 0.29) is 11.7 Å². The summed E-state index contributed by atoms with van der Waals surface area (Å²) >= 11 is 1.33. The molecule has 0 saturated heterocycles. The molecule has 2 aromatic rings. The SMILES string of the molecule is CCN(CC)c1nc(N)c(C(=O)Nc2ccccc2C)s1. The van der Waals surface area contributed by atoms with Crippen LogP contribution in [0, 0.1) is 6.92 Å². The molecule has 5 nitrogen and oxygen atoms in total. The van der Waals surface area contributed by atoms with Gasteiger partial charge in [0.05, 0.1) is 0 Å². The van der Waals surface area contributed by atoms with Crippen molar-refractivity contribution < 1.29 is 4.79 Å². The third kappa shape index (κ3) is 3.33. The molecule has 0 saturated carbocycles. The highest BCUT2D eigenvalue weighted by Gasteiger charge is 2.19. The molecule has 1 aromatic heterocycles. The van der Waals surface area contributed by atoms with Crippen LogP contribution in [0.5, 0.6) is 0 Å². The molecule has 1 aromatic carbocycles. The number of para-hydroxylation sites is 1. The summed E-state index contributed by atoms with van der Waals surface area (Å²) in [5.74, 6) is 0.0747. The van der Waals surface area contributed by atoms with Crippen molar-refractivity contribution in [3.8, 4) is 0 Å². The topological polar surface area (TPSA) is 71.2 Å². The maximum atomic E-state index is 12.4. The average Bonchev–Trinajstić information content (AvgIpc) is 2.85. The first-order valence-electron chi connectivity index (χ1n) is 6.95. The van der Waals surface area contributed by atoms with Crippen molar-refractivity contribution in [3.05, 3.63) is 34.7 Å². The van der Waals surface area contributed by atoms with Crippen LogP contribution < -0.4 is 16.0 Å². The Hall–Kier alpha value is -2.08.